The van der Waals surface area contributed by atoms with Crippen LogP contribution < -0.4 is 10.2 Å². The van der Waals surface area contributed by atoms with E-state index in [1.807, 2.05) is 30.3 Å². The van der Waals surface area contributed by atoms with Crippen LogP contribution in [-0.2, 0) is 16.0 Å². The summed E-state index contributed by atoms with van der Waals surface area (Å²) in [6.45, 7) is 3.36. The zero-order chi connectivity index (χ0) is 17.8. The van der Waals surface area contributed by atoms with E-state index in [2.05, 4.69) is 33.4 Å². The standard InChI is InChI=1S/C20H21N3O2S/c24-19(9-10-20-22-17-3-1-2-4-18(17)26-20)21-15-5-7-16(8-6-15)23-11-13-25-14-12-23/h1-8H,9-14H2,(H,21,24). The summed E-state index contributed by atoms with van der Waals surface area (Å²) < 4.78 is 6.55. The SMILES string of the molecule is O=C(CCc1nc2ccccc2s1)Nc1ccc(N2CCOCC2)cc1. The van der Waals surface area contributed by atoms with Crippen LogP contribution in [0.2, 0.25) is 0 Å². The second kappa shape index (κ2) is 7.85. The highest BCUT2D eigenvalue weighted by Crippen LogP contribution is 2.23. The third-order valence-corrected chi connectivity index (χ3v) is 5.53. The molecular weight excluding hydrogens is 346 g/mol. The van der Waals surface area contributed by atoms with Gasteiger partial charge in [-0.25, -0.2) is 4.98 Å². The molecule has 2 aromatic carbocycles. The highest BCUT2D eigenvalue weighted by molar-refractivity contribution is 7.18. The number of morpholine rings is 1. The van der Waals surface area contributed by atoms with Crippen molar-refractivity contribution < 1.29 is 9.53 Å². The molecule has 4 rings (SSSR count). The molecule has 0 aliphatic carbocycles. The van der Waals surface area contributed by atoms with Crippen LogP contribution in [0.4, 0.5) is 11.4 Å². The second-order valence-electron chi connectivity index (χ2n) is 6.27. The lowest BCUT2D eigenvalue weighted by Crippen LogP contribution is -2.36. The number of rotatable bonds is 5. The maximum absolute atomic E-state index is 12.2. The molecule has 3 aromatic rings. The minimum atomic E-state index is 0.0170. The minimum absolute atomic E-state index is 0.0170. The Hall–Kier alpha value is -2.44. The molecule has 1 N–H and O–H groups in total. The molecule has 0 atom stereocenters. The summed E-state index contributed by atoms with van der Waals surface area (Å²) >= 11 is 1.66. The van der Waals surface area contributed by atoms with Crippen molar-refractivity contribution in [3.05, 3.63) is 53.5 Å². The third-order valence-electron chi connectivity index (χ3n) is 4.43. The molecule has 134 valence electrons. The Morgan fingerprint density at radius 3 is 2.65 bits per heavy atom. The average molecular weight is 367 g/mol. The molecule has 6 heteroatoms. The first-order valence-electron chi connectivity index (χ1n) is 8.85. The Kier molecular flexibility index (Phi) is 5.13. The predicted octanol–water partition coefficient (Wildman–Crippen LogP) is 3.70. The summed E-state index contributed by atoms with van der Waals surface area (Å²) in [6.07, 6.45) is 1.10. The van der Waals surface area contributed by atoms with Gasteiger partial charge in [0.15, 0.2) is 0 Å². The number of amides is 1. The van der Waals surface area contributed by atoms with Gasteiger partial charge in [-0.2, -0.15) is 0 Å². The number of hydrogen-bond acceptors (Lipinski definition) is 5. The Bertz CT molecular complexity index is 852. The molecule has 0 bridgehead atoms. The van der Waals surface area contributed by atoms with E-state index in [1.54, 1.807) is 11.3 Å². The molecule has 1 aliphatic rings. The molecule has 1 aliphatic heterocycles. The number of benzene rings is 2. The number of hydrogen-bond donors (Lipinski definition) is 1. The fourth-order valence-corrected chi connectivity index (χ4v) is 4.01. The number of aromatic nitrogens is 1. The van der Waals surface area contributed by atoms with Gasteiger partial charge in [0, 0.05) is 37.3 Å². The summed E-state index contributed by atoms with van der Waals surface area (Å²) in [4.78, 5) is 19.1. The lowest BCUT2D eigenvalue weighted by atomic mass is 10.2. The third kappa shape index (κ3) is 4.03. The number of ether oxygens (including phenoxy) is 1. The van der Waals surface area contributed by atoms with E-state index >= 15 is 0 Å². The zero-order valence-corrected chi connectivity index (χ0v) is 15.3. The summed E-state index contributed by atoms with van der Waals surface area (Å²) in [5.74, 6) is 0.0170. The largest absolute Gasteiger partial charge is 0.378 e. The number of thiazole rings is 1. The fraction of sp³-hybridized carbons (Fsp3) is 0.300. The van der Waals surface area contributed by atoms with Crippen molar-refractivity contribution in [3.63, 3.8) is 0 Å². The average Bonchev–Trinajstić information content (AvgIpc) is 3.11. The highest BCUT2D eigenvalue weighted by atomic mass is 32.1. The Labute approximate surface area is 156 Å². The van der Waals surface area contributed by atoms with Crippen molar-refractivity contribution in [2.45, 2.75) is 12.8 Å². The first-order valence-corrected chi connectivity index (χ1v) is 9.67. The van der Waals surface area contributed by atoms with Crippen LogP contribution in [0, 0.1) is 0 Å². The Balaban J connectivity index is 1.31. The molecule has 26 heavy (non-hydrogen) atoms. The van der Waals surface area contributed by atoms with Crippen molar-refractivity contribution in [3.8, 4) is 0 Å². The van der Waals surface area contributed by atoms with Crippen molar-refractivity contribution >= 4 is 38.8 Å². The van der Waals surface area contributed by atoms with Gasteiger partial charge in [0.2, 0.25) is 5.91 Å². The van der Waals surface area contributed by atoms with E-state index < -0.39 is 0 Å². The van der Waals surface area contributed by atoms with E-state index in [1.165, 1.54) is 10.4 Å². The lowest BCUT2D eigenvalue weighted by Gasteiger charge is -2.28. The van der Waals surface area contributed by atoms with Crippen LogP contribution in [0.1, 0.15) is 11.4 Å². The van der Waals surface area contributed by atoms with Gasteiger partial charge in [-0.15, -0.1) is 11.3 Å². The minimum Gasteiger partial charge on any atom is -0.378 e. The predicted molar refractivity (Wildman–Crippen MR) is 106 cm³/mol. The van der Waals surface area contributed by atoms with Gasteiger partial charge < -0.3 is 15.0 Å². The monoisotopic (exact) mass is 367 g/mol. The van der Waals surface area contributed by atoms with Gasteiger partial charge in [-0.05, 0) is 36.4 Å². The first kappa shape index (κ1) is 17.0. The van der Waals surface area contributed by atoms with Crippen molar-refractivity contribution in [2.24, 2.45) is 0 Å². The topological polar surface area (TPSA) is 54.5 Å². The van der Waals surface area contributed by atoms with Gasteiger partial charge in [0.25, 0.3) is 0 Å². The van der Waals surface area contributed by atoms with Gasteiger partial charge in [-0.3, -0.25) is 4.79 Å². The van der Waals surface area contributed by atoms with Crippen LogP contribution in [0.15, 0.2) is 48.5 Å². The van der Waals surface area contributed by atoms with Crippen LogP contribution in [0.3, 0.4) is 0 Å². The summed E-state index contributed by atoms with van der Waals surface area (Å²) in [5.41, 5.74) is 3.00. The quantitative estimate of drug-likeness (QED) is 0.747. The molecule has 5 nitrogen and oxygen atoms in total. The molecule has 1 amide bonds. The molecule has 1 aromatic heterocycles. The van der Waals surface area contributed by atoms with Crippen molar-refractivity contribution in [2.75, 3.05) is 36.5 Å². The number of carbonyl (C=O) groups excluding carboxylic acids is 1. The number of nitrogens with one attached hydrogen (secondary N) is 1. The van der Waals surface area contributed by atoms with Gasteiger partial charge in [0.05, 0.1) is 28.4 Å². The van der Waals surface area contributed by atoms with Crippen LogP contribution in [0.25, 0.3) is 10.2 Å². The lowest BCUT2D eigenvalue weighted by molar-refractivity contribution is -0.116. The van der Waals surface area contributed by atoms with Crippen LogP contribution in [0.5, 0.6) is 0 Å². The van der Waals surface area contributed by atoms with E-state index in [4.69, 9.17) is 4.74 Å². The fourth-order valence-electron chi connectivity index (χ4n) is 3.05. The smallest absolute Gasteiger partial charge is 0.224 e. The van der Waals surface area contributed by atoms with E-state index in [-0.39, 0.29) is 5.91 Å². The normalized spacial score (nSPS) is 14.5. The number of nitrogens with zero attached hydrogens (tertiary/aromatic N) is 2. The van der Waals surface area contributed by atoms with Gasteiger partial charge in [0.1, 0.15) is 0 Å². The molecule has 0 saturated carbocycles. The number of anilines is 2. The molecule has 1 fully saturated rings. The number of para-hydroxylation sites is 1. The van der Waals surface area contributed by atoms with Crippen LogP contribution in [-0.4, -0.2) is 37.2 Å². The number of fused-ring (bicyclic) bond motifs is 1. The summed E-state index contributed by atoms with van der Waals surface area (Å²) in [5, 5.41) is 3.97. The molecule has 0 radical (unpaired) electrons. The summed E-state index contributed by atoms with van der Waals surface area (Å²) in [6, 6.07) is 16.1. The van der Waals surface area contributed by atoms with Crippen molar-refractivity contribution in [1.29, 1.82) is 0 Å². The second-order valence-corrected chi connectivity index (χ2v) is 7.38. The van der Waals surface area contributed by atoms with E-state index in [9.17, 15) is 4.79 Å². The first-order chi connectivity index (χ1) is 12.8. The number of carbonyl (C=O) groups is 1. The molecule has 2 heterocycles. The maximum Gasteiger partial charge on any atom is 0.224 e. The van der Waals surface area contributed by atoms with E-state index in [0.717, 1.165) is 42.5 Å². The van der Waals surface area contributed by atoms with Gasteiger partial charge >= 0.3 is 0 Å². The zero-order valence-electron chi connectivity index (χ0n) is 14.5. The maximum atomic E-state index is 12.2. The Morgan fingerprint density at radius 1 is 1.12 bits per heavy atom. The molecule has 0 spiro atoms. The molecular formula is C20H21N3O2S. The van der Waals surface area contributed by atoms with Crippen molar-refractivity contribution in [1.82, 2.24) is 4.98 Å². The van der Waals surface area contributed by atoms with Gasteiger partial charge in [-0.1, -0.05) is 12.1 Å². The molecule has 0 unspecified atom stereocenters. The van der Waals surface area contributed by atoms with E-state index in [0.29, 0.717) is 12.8 Å². The number of aryl methyl sites for hydroxylation is 1. The highest BCUT2D eigenvalue weighted by Gasteiger charge is 2.11. The van der Waals surface area contributed by atoms with Crippen LogP contribution >= 0.6 is 11.3 Å². The summed E-state index contributed by atoms with van der Waals surface area (Å²) in [7, 11) is 0. The Morgan fingerprint density at radius 2 is 1.88 bits per heavy atom. The molecule has 1 saturated heterocycles.